The summed E-state index contributed by atoms with van der Waals surface area (Å²) in [5.41, 5.74) is 5.17. The molecule has 2 aromatic rings. The molecule has 0 saturated carbocycles. The Balaban J connectivity index is 1.88. The van der Waals surface area contributed by atoms with E-state index in [0.717, 1.165) is 18.4 Å². The number of benzene rings is 2. The highest BCUT2D eigenvalue weighted by molar-refractivity contribution is 5.56. The third-order valence-corrected chi connectivity index (χ3v) is 4.38. The van der Waals surface area contributed by atoms with E-state index in [2.05, 4.69) is 30.4 Å². The van der Waals surface area contributed by atoms with Crippen LogP contribution in [-0.2, 0) is 12.8 Å². The Bertz CT molecular complexity index is 621. The first-order chi connectivity index (χ1) is 10.3. The normalized spacial score (nSPS) is 15.3. The quantitative estimate of drug-likeness (QED) is 0.806. The van der Waals surface area contributed by atoms with Gasteiger partial charge in [0, 0.05) is 5.69 Å². The number of halogens is 1. The molecule has 1 nitrogen and oxygen atoms in total. The fourth-order valence-corrected chi connectivity index (χ4v) is 3.25. The molecule has 0 fully saturated rings. The van der Waals surface area contributed by atoms with Crippen molar-refractivity contribution in [2.45, 2.75) is 45.1 Å². The number of fused-ring (bicyclic) bond motifs is 1. The number of aryl methyl sites for hydroxylation is 1. The summed E-state index contributed by atoms with van der Waals surface area (Å²) in [7, 11) is 0. The lowest BCUT2D eigenvalue weighted by Gasteiger charge is -2.24. The van der Waals surface area contributed by atoms with Crippen molar-refractivity contribution in [3.05, 3.63) is 65.0 Å². The van der Waals surface area contributed by atoms with Gasteiger partial charge in [-0.1, -0.05) is 31.2 Å². The topological polar surface area (TPSA) is 12.0 Å². The summed E-state index contributed by atoms with van der Waals surface area (Å²) >= 11 is 0. The van der Waals surface area contributed by atoms with Crippen molar-refractivity contribution in [1.29, 1.82) is 0 Å². The van der Waals surface area contributed by atoms with Crippen LogP contribution in [0.25, 0.3) is 0 Å². The van der Waals surface area contributed by atoms with Gasteiger partial charge in [-0.3, -0.25) is 0 Å². The van der Waals surface area contributed by atoms with E-state index in [4.69, 9.17) is 0 Å². The minimum Gasteiger partial charge on any atom is -0.378 e. The van der Waals surface area contributed by atoms with Crippen LogP contribution in [0, 0.1) is 5.82 Å². The zero-order valence-electron chi connectivity index (χ0n) is 12.5. The third-order valence-electron chi connectivity index (χ3n) is 4.38. The molecule has 0 aliphatic heterocycles. The van der Waals surface area contributed by atoms with E-state index in [1.807, 2.05) is 6.07 Å². The van der Waals surface area contributed by atoms with Crippen LogP contribution < -0.4 is 5.32 Å². The molecule has 0 radical (unpaired) electrons. The highest BCUT2D eigenvalue weighted by Gasteiger charge is 2.16. The predicted molar refractivity (Wildman–Crippen MR) is 86.1 cm³/mol. The number of anilines is 1. The largest absolute Gasteiger partial charge is 0.378 e. The standard InChI is InChI=1S/C19H22FN/c1-2-18(15-9-5-10-16(20)13-15)21-19-12-6-8-14-7-3-4-11-17(14)19/h5-6,8-10,12-13,18,21H,2-4,7,11H2,1H3. The van der Waals surface area contributed by atoms with Crippen molar-refractivity contribution in [2.24, 2.45) is 0 Å². The van der Waals surface area contributed by atoms with Gasteiger partial charge in [-0.05, 0) is 67.0 Å². The Labute approximate surface area is 126 Å². The van der Waals surface area contributed by atoms with E-state index < -0.39 is 0 Å². The van der Waals surface area contributed by atoms with Gasteiger partial charge in [-0.2, -0.15) is 0 Å². The van der Waals surface area contributed by atoms with Crippen molar-refractivity contribution in [2.75, 3.05) is 5.32 Å². The maximum absolute atomic E-state index is 13.4. The summed E-state index contributed by atoms with van der Waals surface area (Å²) in [6.45, 7) is 2.14. The van der Waals surface area contributed by atoms with Crippen molar-refractivity contribution in [1.82, 2.24) is 0 Å². The summed E-state index contributed by atoms with van der Waals surface area (Å²) in [6.07, 6.45) is 5.83. The van der Waals surface area contributed by atoms with Crippen LogP contribution in [0.4, 0.5) is 10.1 Å². The van der Waals surface area contributed by atoms with Gasteiger partial charge in [0.15, 0.2) is 0 Å². The fourth-order valence-electron chi connectivity index (χ4n) is 3.25. The van der Waals surface area contributed by atoms with E-state index >= 15 is 0 Å². The van der Waals surface area contributed by atoms with Crippen molar-refractivity contribution in [3.8, 4) is 0 Å². The minimum atomic E-state index is -0.164. The summed E-state index contributed by atoms with van der Waals surface area (Å²) in [5, 5.41) is 3.63. The van der Waals surface area contributed by atoms with Gasteiger partial charge in [0.05, 0.1) is 6.04 Å². The van der Waals surface area contributed by atoms with Crippen LogP contribution in [0.2, 0.25) is 0 Å². The van der Waals surface area contributed by atoms with Gasteiger partial charge in [0.1, 0.15) is 5.82 Å². The van der Waals surface area contributed by atoms with Crippen LogP contribution in [-0.4, -0.2) is 0 Å². The summed E-state index contributed by atoms with van der Waals surface area (Å²) < 4.78 is 13.4. The summed E-state index contributed by atoms with van der Waals surface area (Å²) in [5.74, 6) is -0.164. The average molecular weight is 283 g/mol. The molecule has 2 heteroatoms. The molecular formula is C19H22FN. The number of hydrogen-bond donors (Lipinski definition) is 1. The molecule has 1 atom stereocenters. The first-order valence-corrected chi connectivity index (χ1v) is 7.90. The Morgan fingerprint density at radius 2 is 1.90 bits per heavy atom. The summed E-state index contributed by atoms with van der Waals surface area (Å²) in [6, 6.07) is 13.6. The molecule has 0 saturated heterocycles. The molecule has 0 spiro atoms. The number of hydrogen-bond acceptors (Lipinski definition) is 1. The van der Waals surface area contributed by atoms with Crippen molar-refractivity contribution in [3.63, 3.8) is 0 Å². The molecule has 110 valence electrons. The number of rotatable bonds is 4. The Morgan fingerprint density at radius 3 is 2.71 bits per heavy atom. The monoisotopic (exact) mass is 283 g/mol. The van der Waals surface area contributed by atoms with Crippen LogP contribution >= 0.6 is 0 Å². The lowest BCUT2D eigenvalue weighted by molar-refractivity contribution is 0.620. The van der Waals surface area contributed by atoms with Gasteiger partial charge in [0.2, 0.25) is 0 Å². The van der Waals surface area contributed by atoms with Crippen LogP contribution in [0.1, 0.15) is 48.9 Å². The van der Waals surface area contributed by atoms with Gasteiger partial charge in [-0.15, -0.1) is 0 Å². The predicted octanol–water partition coefficient (Wildman–Crippen LogP) is 5.27. The Kier molecular flexibility index (Phi) is 4.23. The molecule has 1 aliphatic carbocycles. The van der Waals surface area contributed by atoms with Crippen molar-refractivity contribution >= 4 is 5.69 Å². The zero-order valence-corrected chi connectivity index (χ0v) is 12.5. The first-order valence-electron chi connectivity index (χ1n) is 7.90. The second-order valence-electron chi connectivity index (χ2n) is 5.81. The van der Waals surface area contributed by atoms with E-state index in [0.29, 0.717) is 0 Å². The third kappa shape index (κ3) is 3.10. The molecule has 1 aliphatic rings. The molecule has 0 heterocycles. The first kappa shape index (κ1) is 14.1. The molecule has 21 heavy (non-hydrogen) atoms. The van der Waals surface area contributed by atoms with Gasteiger partial charge < -0.3 is 5.32 Å². The molecule has 0 bridgehead atoms. The maximum Gasteiger partial charge on any atom is 0.123 e. The SMILES string of the molecule is CCC(Nc1cccc2c1CCCC2)c1cccc(F)c1. The van der Waals surface area contributed by atoms with Gasteiger partial charge >= 0.3 is 0 Å². The lowest BCUT2D eigenvalue weighted by atomic mass is 9.90. The molecular weight excluding hydrogens is 261 g/mol. The van der Waals surface area contributed by atoms with E-state index in [1.54, 1.807) is 12.1 Å². The highest BCUT2D eigenvalue weighted by Crippen LogP contribution is 2.31. The van der Waals surface area contributed by atoms with E-state index in [9.17, 15) is 4.39 Å². The van der Waals surface area contributed by atoms with Crippen LogP contribution in [0.5, 0.6) is 0 Å². The second kappa shape index (κ2) is 6.30. The van der Waals surface area contributed by atoms with Crippen LogP contribution in [0.15, 0.2) is 42.5 Å². The van der Waals surface area contributed by atoms with Gasteiger partial charge in [-0.25, -0.2) is 4.39 Å². The molecule has 0 aromatic heterocycles. The Morgan fingerprint density at radius 1 is 1.10 bits per heavy atom. The fraction of sp³-hybridized carbons (Fsp3) is 0.368. The zero-order chi connectivity index (χ0) is 14.7. The molecule has 0 amide bonds. The molecule has 3 rings (SSSR count). The summed E-state index contributed by atoms with van der Waals surface area (Å²) in [4.78, 5) is 0. The lowest BCUT2D eigenvalue weighted by Crippen LogP contribution is -2.13. The van der Waals surface area contributed by atoms with Crippen molar-refractivity contribution < 1.29 is 4.39 Å². The average Bonchev–Trinajstić information content (AvgIpc) is 2.52. The van der Waals surface area contributed by atoms with E-state index in [1.165, 1.54) is 42.1 Å². The number of nitrogens with one attached hydrogen (secondary N) is 1. The molecule has 1 N–H and O–H groups in total. The maximum atomic E-state index is 13.4. The smallest absolute Gasteiger partial charge is 0.123 e. The highest BCUT2D eigenvalue weighted by atomic mass is 19.1. The van der Waals surface area contributed by atoms with Crippen LogP contribution in [0.3, 0.4) is 0 Å². The second-order valence-corrected chi connectivity index (χ2v) is 5.81. The minimum absolute atomic E-state index is 0.161. The molecule has 2 aromatic carbocycles. The molecule has 1 unspecified atom stereocenters. The van der Waals surface area contributed by atoms with E-state index in [-0.39, 0.29) is 11.9 Å². The Hall–Kier alpha value is -1.83. The van der Waals surface area contributed by atoms with Gasteiger partial charge in [0.25, 0.3) is 0 Å².